The fourth-order valence-electron chi connectivity index (χ4n) is 1.81. The van der Waals surface area contributed by atoms with Crippen LogP contribution in [0.15, 0.2) is 41.5 Å². The molecule has 0 heterocycles. The minimum Gasteiger partial charge on any atom is -0.494 e. The number of nitrogens with one attached hydrogen (secondary N) is 1. The van der Waals surface area contributed by atoms with E-state index >= 15 is 0 Å². The average Bonchev–Trinajstić information content (AvgIpc) is 2.54. The quantitative estimate of drug-likeness (QED) is 0.495. The van der Waals surface area contributed by atoms with Gasteiger partial charge < -0.3 is 4.74 Å². The fraction of sp³-hybridized carbons (Fsp3) is 0.0667. The van der Waals surface area contributed by atoms with Crippen molar-refractivity contribution in [2.45, 2.75) is 0 Å². The van der Waals surface area contributed by atoms with Gasteiger partial charge in [0.05, 0.1) is 28.3 Å². The van der Waals surface area contributed by atoms with Crippen LogP contribution < -0.4 is 10.2 Å². The van der Waals surface area contributed by atoms with Crippen LogP contribution in [0.2, 0.25) is 10.0 Å². The van der Waals surface area contributed by atoms with Crippen molar-refractivity contribution in [2.24, 2.45) is 5.10 Å². The third kappa shape index (κ3) is 4.21. The van der Waals surface area contributed by atoms with Crippen LogP contribution in [0, 0.1) is 10.1 Å². The largest absolute Gasteiger partial charge is 0.494 e. The van der Waals surface area contributed by atoms with Crippen molar-refractivity contribution in [1.82, 2.24) is 5.43 Å². The van der Waals surface area contributed by atoms with E-state index in [9.17, 15) is 14.9 Å². The molecule has 0 aromatic heterocycles. The Morgan fingerprint density at radius 3 is 2.33 bits per heavy atom. The second-order valence-electron chi connectivity index (χ2n) is 4.52. The summed E-state index contributed by atoms with van der Waals surface area (Å²) in [6, 6.07) is 8.30. The van der Waals surface area contributed by atoms with Crippen LogP contribution in [0.3, 0.4) is 0 Å². The molecule has 0 fully saturated rings. The Bertz CT molecular complexity index is 784. The fourth-order valence-corrected chi connectivity index (χ4v) is 2.47. The maximum atomic E-state index is 11.9. The van der Waals surface area contributed by atoms with Crippen molar-refractivity contribution in [3.05, 3.63) is 67.7 Å². The number of amides is 1. The van der Waals surface area contributed by atoms with E-state index in [1.54, 1.807) is 12.1 Å². The van der Waals surface area contributed by atoms with Gasteiger partial charge in [-0.25, -0.2) is 5.43 Å². The molecule has 0 radical (unpaired) electrons. The molecule has 24 heavy (non-hydrogen) atoms. The maximum absolute atomic E-state index is 11.9. The van der Waals surface area contributed by atoms with Crippen molar-refractivity contribution in [3.8, 4) is 5.75 Å². The molecule has 1 N–H and O–H groups in total. The Hall–Kier alpha value is -2.64. The summed E-state index contributed by atoms with van der Waals surface area (Å²) in [6.45, 7) is 0. The molecule has 0 bridgehead atoms. The minimum absolute atomic E-state index is 0.0995. The van der Waals surface area contributed by atoms with E-state index in [4.69, 9.17) is 27.9 Å². The van der Waals surface area contributed by atoms with Gasteiger partial charge in [0.2, 0.25) is 0 Å². The zero-order valence-electron chi connectivity index (χ0n) is 12.3. The zero-order valence-corrected chi connectivity index (χ0v) is 13.8. The third-order valence-corrected chi connectivity index (χ3v) is 3.51. The normalized spacial score (nSPS) is 10.6. The van der Waals surface area contributed by atoms with Crippen LogP contribution in [0.5, 0.6) is 5.75 Å². The Labute approximate surface area is 147 Å². The van der Waals surface area contributed by atoms with Gasteiger partial charge >= 0.3 is 0 Å². The summed E-state index contributed by atoms with van der Waals surface area (Å²) >= 11 is 12.0. The number of nitro groups is 1. The van der Waals surface area contributed by atoms with Gasteiger partial charge in [0.15, 0.2) is 5.75 Å². The van der Waals surface area contributed by atoms with E-state index in [1.807, 2.05) is 0 Å². The number of rotatable bonds is 5. The number of nitro benzene ring substituents is 1. The van der Waals surface area contributed by atoms with E-state index in [1.165, 1.54) is 37.6 Å². The van der Waals surface area contributed by atoms with Crippen LogP contribution in [0.4, 0.5) is 5.69 Å². The number of benzene rings is 2. The van der Waals surface area contributed by atoms with Gasteiger partial charge in [0.1, 0.15) is 0 Å². The molecule has 9 heteroatoms. The number of hydrogen-bond acceptors (Lipinski definition) is 5. The van der Waals surface area contributed by atoms with E-state index in [0.717, 1.165) is 0 Å². The van der Waals surface area contributed by atoms with E-state index in [2.05, 4.69) is 10.5 Å². The smallest absolute Gasteiger partial charge is 0.271 e. The summed E-state index contributed by atoms with van der Waals surface area (Å²) in [7, 11) is 1.45. The highest BCUT2D eigenvalue weighted by molar-refractivity contribution is 6.37. The number of nitrogens with zero attached hydrogens (tertiary/aromatic N) is 2. The van der Waals surface area contributed by atoms with Crippen molar-refractivity contribution in [3.63, 3.8) is 0 Å². The predicted octanol–water partition coefficient (Wildman–Crippen LogP) is 3.67. The van der Waals surface area contributed by atoms with Crippen LogP contribution in [-0.4, -0.2) is 24.2 Å². The highest BCUT2D eigenvalue weighted by atomic mass is 35.5. The molecule has 1 amide bonds. The summed E-state index contributed by atoms with van der Waals surface area (Å²) in [5.41, 5.74) is 3.01. The molecule has 0 aliphatic carbocycles. The number of carbonyl (C=O) groups excluding carboxylic acids is 1. The van der Waals surface area contributed by atoms with Crippen molar-refractivity contribution < 1.29 is 14.5 Å². The van der Waals surface area contributed by atoms with Crippen molar-refractivity contribution >= 4 is 41.0 Å². The van der Waals surface area contributed by atoms with Gasteiger partial charge in [-0.3, -0.25) is 14.9 Å². The minimum atomic E-state index is -0.545. The number of halogens is 2. The Balaban J connectivity index is 2.06. The lowest BCUT2D eigenvalue weighted by molar-refractivity contribution is -0.384. The Kier molecular flexibility index (Phi) is 5.73. The lowest BCUT2D eigenvalue weighted by atomic mass is 10.2. The van der Waals surface area contributed by atoms with E-state index in [0.29, 0.717) is 21.4 Å². The molecule has 0 spiro atoms. The molecule has 2 rings (SSSR count). The number of hydrazone groups is 1. The first-order valence-corrected chi connectivity index (χ1v) is 7.29. The molecule has 0 saturated carbocycles. The highest BCUT2D eigenvalue weighted by Gasteiger charge is 2.09. The Morgan fingerprint density at radius 1 is 1.25 bits per heavy atom. The summed E-state index contributed by atoms with van der Waals surface area (Å²) in [5, 5.41) is 15.0. The SMILES string of the molecule is COc1c(Cl)cc(/C=N/NC(=O)c2ccc([N+](=O)[O-])cc2)cc1Cl. The number of non-ortho nitro benzene ring substituents is 1. The van der Waals surface area contributed by atoms with Gasteiger partial charge in [0, 0.05) is 17.7 Å². The number of hydrogen-bond donors (Lipinski definition) is 1. The molecule has 0 saturated heterocycles. The van der Waals surface area contributed by atoms with Gasteiger partial charge in [-0.05, 0) is 29.8 Å². The molecule has 2 aromatic carbocycles. The zero-order chi connectivity index (χ0) is 17.7. The first-order chi connectivity index (χ1) is 11.4. The number of ether oxygens (including phenoxy) is 1. The molecule has 0 aliphatic rings. The van der Waals surface area contributed by atoms with E-state index in [-0.39, 0.29) is 11.3 Å². The van der Waals surface area contributed by atoms with Crippen LogP contribution in [0.25, 0.3) is 0 Å². The molecule has 7 nitrogen and oxygen atoms in total. The van der Waals surface area contributed by atoms with Crippen molar-refractivity contribution in [2.75, 3.05) is 7.11 Å². The monoisotopic (exact) mass is 367 g/mol. The van der Waals surface area contributed by atoms with Crippen LogP contribution in [-0.2, 0) is 0 Å². The van der Waals surface area contributed by atoms with Gasteiger partial charge in [-0.15, -0.1) is 0 Å². The topological polar surface area (TPSA) is 93.8 Å². The lowest BCUT2D eigenvalue weighted by Crippen LogP contribution is -2.17. The molecular formula is C15H11Cl2N3O4. The first-order valence-electron chi connectivity index (χ1n) is 6.53. The molecule has 124 valence electrons. The summed E-state index contributed by atoms with van der Waals surface area (Å²) < 4.78 is 5.03. The number of methoxy groups -OCH3 is 1. The van der Waals surface area contributed by atoms with Gasteiger partial charge in [0.25, 0.3) is 11.6 Å². The number of carbonyl (C=O) groups is 1. The summed E-state index contributed by atoms with van der Waals surface area (Å²) in [5.74, 6) is -0.155. The molecule has 0 unspecified atom stereocenters. The van der Waals surface area contributed by atoms with Crippen LogP contribution >= 0.6 is 23.2 Å². The van der Waals surface area contributed by atoms with Gasteiger partial charge in [-0.1, -0.05) is 23.2 Å². The first kappa shape index (κ1) is 17.7. The lowest BCUT2D eigenvalue weighted by Gasteiger charge is -2.06. The maximum Gasteiger partial charge on any atom is 0.271 e. The second kappa shape index (κ2) is 7.76. The molecule has 2 aromatic rings. The average molecular weight is 368 g/mol. The standard InChI is InChI=1S/C15H11Cl2N3O4/c1-24-14-12(16)6-9(7-13(14)17)8-18-19-15(21)10-2-4-11(5-3-10)20(22)23/h2-8H,1H3,(H,19,21)/b18-8+. The predicted molar refractivity (Wildman–Crippen MR) is 91.2 cm³/mol. The summed E-state index contributed by atoms with van der Waals surface area (Å²) in [4.78, 5) is 21.9. The molecule has 0 aliphatic heterocycles. The summed E-state index contributed by atoms with van der Waals surface area (Å²) in [6.07, 6.45) is 1.36. The van der Waals surface area contributed by atoms with Gasteiger partial charge in [-0.2, -0.15) is 5.10 Å². The molecule has 0 atom stereocenters. The highest BCUT2D eigenvalue weighted by Crippen LogP contribution is 2.33. The van der Waals surface area contributed by atoms with Crippen molar-refractivity contribution in [1.29, 1.82) is 0 Å². The third-order valence-electron chi connectivity index (χ3n) is 2.94. The van der Waals surface area contributed by atoms with E-state index < -0.39 is 10.8 Å². The van der Waals surface area contributed by atoms with Crippen LogP contribution in [0.1, 0.15) is 15.9 Å². The Morgan fingerprint density at radius 2 is 1.83 bits per heavy atom. The second-order valence-corrected chi connectivity index (χ2v) is 5.34. The molecular weight excluding hydrogens is 357 g/mol.